The summed E-state index contributed by atoms with van der Waals surface area (Å²) in [7, 11) is 0. The summed E-state index contributed by atoms with van der Waals surface area (Å²) >= 11 is 0. The zero-order valence-electron chi connectivity index (χ0n) is 13.8. The van der Waals surface area contributed by atoms with Crippen LogP contribution in [0.5, 0.6) is 0 Å². The number of carboxylic acids is 1. The minimum absolute atomic E-state index is 0.0412. The van der Waals surface area contributed by atoms with Crippen LogP contribution in [0.25, 0.3) is 0 Å². The van der Waals surface area contributed by atoms with E-state index >= 15 is 0 Å². The van der Waals surface area contributed by atoms with Gasteiger partial charge in [0.05, 0.1) is 5.92 Å². The molecule has 4 nitrogen and oxygen atoms in total. The Morgan fingerprint density at radius 1 is 1.10 bits per heavy atom. The fraction of sp³-hybridized carbons (Fsp3) is 0.765. The quantitative estimate of drug-likeness (QED) is 0.439. The van der Waals surface area contributed by atoms with Gasteiger partial charge < -0.3 is 10.0 Å². The fourth-order valence-electron chi connectivity index (χ4n) is 2.40. The van der Waals surface area contributed by atoms with Gasteiger partial charge in [-0.05, 0) is 40.0 Å². The van der Waals surface area contributed by atoms with Gasteiger partial charge in [0.25, 0.3) is 0 Å². The molecule has 0 aromatic heterocycles. The third-order valence-electron chi connectivity index (χ3n) is 3.80. The Labute approximate surface area is 129 Å². The molecule has 21 heavy (non-hydrogen) atoms. The molecule has 0 fully saturated rings. The Morgan fingerprint density at radius 3 is 2.24 bits per heavy atom. The molecule has 0 aliphatic heterocycles. The minimum Gasteiger partial charge on any atom is -0.481 e. The summed E-state index contributed by atoms with van der Waals surface area (Å²) in [5.74, 6) is -1.42. The monoisotopic (exact) mass is 297 g/mol. The van der Waals surface area contributed by atoms with Crippen LogP contribution in [0.2, 0.25) is 0 Å². The lowest BCUT2D eigenvalue weighted by molar-refractivity contribution is -0.146. The first-order valence-corrected chi connectivity index (χ1v) is 8.18. The van der Waals surface area contributed by atoms with E-state index in [0.29, 0.717) is 19.5 Å². The van der Waals surface area contributed by atoms with E-state index in [4.69, 9.17) is 0 Å². The number of carbonyl (C=O) groups is 2. The van der Waals surface area contributed by atoms with Crippen LogP contribution in [0, 0.1) is 5.92 Å². The number of hydrogen-bond acceptors (Lipinski definition) is 2. The number of carboxylic acid groups (broad SMARTS) is 1. The summed E-state index contributed by atoms with van der Waals surface area (Å²) in [5, 5.41) is 9.24. The fourth-order valence-corrected chi connectivity index (χ4v) is 2.40. The molecule has 0 rings (SSSR count). The Hall–Kier alpha value is -1.32. The van der Waals surface area contributed by atoms with Gasteiger partial charge in [-0.2, -0.15) is 0 Å². The Kier molecular flexibility index (Phi) is 11.6. The highest BCUT2D eigenvalue weighted by atomic mass is 16.4. The maximum Gasteiger partial charge on any atom is 0.307 e. The average molecular weight is 297 g/mol. The van der Waals surface area contributed by atoms with Crippen LogP contribution in [0.1, 0.15) is 65.7 Å². The molecular weight excluding hydrogens is 266 g/mol. The first-order valence-electron chi connectivity index (χ1n) is 8.18. The van der Waals surface area contributed by atoms with Crippen molar-refractivity contribution in [3.05, 3.63) is 12.2 Å². The minimum atomic E-state index is -0.843. The number of rotatable bonds is 12. The molecule has 0 aliphatic carbocycles. The van der Waals surface area contributed by atoms with Crippen molar-refractivity contribution in [2.75, 3.05) is 13.1 Å². The summed E-state index contributed by atoms with van der Waals surface area (Å²) < 4.78 is 0. The molecule has 1 atom stereocenters. The first-order chi connectivity index (χ1) is 10.1. The van der Waals surface area contributed by atoms with E-state index in [1.165, 1.54) is 0 Å². The predicted molar refractivity (Wildman–Crippen MR) is 86.2 cm³/mol. The van der Waals surface area contributed by atoms with Crippen molar-refractivity contribution < 1.29 is 14.7 Å². The van der Waals surface area contributed by atoms with Gasteiger partial charge in [0, 0.05) is 19.5 Å². The van der Waals surface area contributed by atoms with Crippen LogP contribution < -0.4 is 0 Å². The van der Waals surface area contributed by atoms with Crippen LogP contribution in [-0.4, -0.2) is 35.0 Å². The van der Waals surface area contributed by atoms with Crippen LogP contribution in [0.4, 0.5) is 0 Å². The summed E-state index contributed by atoms with van der Waals surface area (Å²) in [5.41, 5.74) is 0. The summed E-state index contributed by atoms with van der Waals surface area (Å²) in [4.78, 5) is 24.9. The highest BCUT2D eigenvalue weighted by Gasteiger charge is 2.22. The molecule has 0 radical (unpaired) electrons. The first kappa shape index (κ1) is 19.7. The van der Waals surface area contributed by atoms with Crippen molar-refractivity contribution in [1.82, 2.24) is 4.90 Å². The highest BCUT2D eigenvalue weighted by Crippen LogP contribution is 2.17. The molecule has 0 saturated heterocycles. The molecule has 0 spiro atoms. The summed E-state index contributed by atoms with van der Waals surface area (Å²) in [6.45, 7) is 7.15. The topological polar surface area (TPSA) is 57.6 Å². The van der Waals surface area contributed by atoms with Crippen molar-refractivity contribution >= 4 is 11.9 Å². The zero-order chi connectivity index (χ0) is 16.1. The maximum atomic E-state index is 12.0. The third kappa shape index (κ3) is 9.27. The number of unbranched alkanes of at least 4 members (excludes halogenated alkanes) is 4. The predicted octanol–water partition coefficient (Wildman–Crippen LogP) is 3.86. The molecular formula is C17H31NO3. The average Bonchev–Trinajstić information content (AvgIpc) is 2.46. The van der Waals surface area contributed by atoms with Crippen LogP contribution >= 0.6 is 0 Å². The van der Waals surface area contributed by atoms with E-state index in [0.717, 1.165) is 32.1 Å². The van der Waals surface area contributed by atoms with Crippen LogP contribution in [-0.2, 0) is 9.59 Å². The van der Waals surface area contributed by atoms with E-state index in [1.54, 1.807) is 4.90 Å². The van der Waals surface area contributed by atoms with Crippen molar-refractivity contribution in [2.24, 2.45) is 5.92 Å². The number of hydrogen-bond donors (Lipinski definition) is 1. The summed E-state index contributed by atoms with van der Waals surface area (Å²) in [6.07, 6.45) is 10.3. The number of aliphatic carboxylic acids is 1. The lowest BCUT2D eigenvalue weighted by Gasteiger charge is -2.21. The normalized spacial score (nSPS) is 12.5. The second-order valence-electron chi connectivity index (χ2n) is 5.37. The largest absolute Gasteiger partial charge is 0.481 e. The van der Waals surface area contributed by atoms with Crippen molar-refractivity contribution in [3.8, 4) is 0 Å². The molecule has 0 saturated carbocycles. The molecule has 1 amide bonds. The van der Waals surface area contributed by atoms with Gasteiger partial charge in [0.15, 0.2) is 0 Å². The van der Waals surface area contributed by atoms with Crippen molar-refractivity contribution in [2.45, 2.75) is 65.7 Å². The number of allylic oxidation sites excluding steroid dienone is 2. The standard InChI is InChI=1S/C17H31NO3/c1-4-7-8-9-10-11-12-13-15(17(20)21)14-16(19)18(5-2)6-3/h4,7,15H,5-6,8-14H2,1-3H3,(H,20,21)/b7-4+. The van der Waals surface area contributed by atoms with E-state index in [1.807, 2.05) is 20.8 Å². The van der Waals surface area contributed by atoms with E-state index in [-0.39, 0.29) is 12.3 Å². The molecule has 0 aromatic carbocycles. The van der Waals surface area contributed by atoms with Gasteiger partial charge >= 0.3 is 5.97 Å². The molecule has 0 bridgehead atoms. The SMILES string of the molecule is C/C=C/CCCCCCC(CC(=O)N(CC)CC)C(=O)O. The van der Waals surface area contributed by atoms with E-state index in [2.05, 4.69) is 12.2 Å². The Morgan fingerprint density at radius 2 is 1.71 bits per heavy atom. The van der Waals surface area contributed by atoms with Gasteiger partial charge in [0.1, 0.15) is 0 Å². The van der Waals surface area contributed by atoms with Gasteiger partial charge in [-0.15, -0.1) is 0 Å². The lowest BCUT2D eigenvalue weighted by atomic mass is 9.96. The molecule has 1 unspecified atom stereocenters. The van der Waals surface area contributed by atoms with Gasteiger partial charge in [0.2, 0.25) is 5.91 Å². The molecule has 1 N–H and O–H groups in total. The van der Waals surface area contributed by atoms with Crippen LogP contribution in [0.15, 0.2) is 12.2 Å². The number of carbonyl (C=O) groups excluding carboxylic acids is 1. The highest BCUT2D eigenvalue weighted by molar-refractivity contribution is 5.82. The van der Waals surface area contributed by atoms with E-state index in [9.17, 15) is 14.7 Å². The van der Waals surface area contributed by atoms with E-state index < -0.39 is 11.9 Å². The Balaban J connectivity index is 4.03. The molecule has 4 heteroatoms. The molecule has 0 aliphatic rings. The Bertz CT molecular complexity index is 322. The van der Waals surface area contributed by atoms with Gasteiger partial charge in [-0.1, -0.05) is 31.4 Å². The second kappa shape index (κ2) is 12.4. The molecule has 0 heterocycles. The molecule has 122 valence electrons. The zero-order valence-corrected chi connectivity index (χ0v) is 13.8. The maximum absolute atomic E-state index is 12.0. The van der Waals surface area contributed by atoms with Crippen molar-refractivity contribution in [3.63, 3.8) is 0 Å². The van der Waals surface area contributed by atoms with Gasteiger partial charge in [-0.3, -0.25) is 9.59 Å². The van der Waals surface area contributed by atoms with Gasteiger partial charge in [-0.25, -0.2) is 0 Å². The number of amides is 1. The molecule has 0 aromatic rings. The summed E-state index contributed by atoms with van der Waals surface area (Å²) in [6, 6.07) is 0. The third-order valence-corrected chi connectivity index (χ3v) is 3.80. The lowest BCUT2D eigenvalue weighted by Crippen LogP contribution is -2.33. The number of nitrogens with zero attached hydrogens (tertiary/aromatic N) is 1. The second-order valence-corrected chi connectivity index (χ2v) is 5.37. The smallest absolute Gasteiger partial charge is 0.307 e. The van der Waals surface area contributed by atoms with Crippen LogP contribution in [0.3, 0.4) is 0 Å². The van der Waals surface area contributed by atoms with Crippen molar-refractivity contribution in [1.29, 1.82) is 0 Å².